The van der Waals surface area contributed by atoms with Crippen LogP contribution >= 0.6 is 0 Å². The van der Waals surface area contributed by atoms with Crippen LogP contribution in [0.3, 0.4) is 0 Å². The molecule has 2 aliphatic rings. The summed E-state index contributed by atoms with van der Waals surface area (Å²) >= 11 is 0. The highest BCUT2D eigenvalue weighted by Crippen LogP contribution is 2.37. The van der Waals surface area contributed by atoms with Crippen LogP contribution in [0.4, 0.5) is 0 Å². The molecule has 0 spiro atoms. The first-order chi connectivity index (χ1) is 5.37. The van der Waals surface area contributed by atoms with Crippen LogP contribution in [-0.4, -0.2) is 29.8 Å². The number of carbonyl (C=O) groups is 1. The molecular weight excluding hydrogens is 138 g/mol. The lowest BCUT2D eigenvalue weighted by molar-refractivity contribution is -0.123. The van der Waals surface area contributed by atoms with E-state index in [4.69, 9.17) is 0 Å². The summed E-state index contributed by atoms with van der Waals surface area (Å²) in [5.41, 5.74) is -0.00347. The number of hydrogen-bond acceptors (Lipinski definition) is 2. The van der Waals surface area contributed by atoms with E-state index in [1.807, 2.05) is 0 Å². The van der Waals surface area contributed by atoms with E-state index in [2.05, 4.69) is 4.90 Å². The smallest absolute Gasteiger partial charge is 0.140 e. The molecule has 0 aromatic carbocycles. The van der Waals surface area contributed by atoms with Crippen LogP contribution in [0.25, 0.3) is 0 Å². The zero-order valence-electron chi connectivity index (χ0n) is 6.88. The second-order valence-electron chi connectivity index (χ2n) is 3.77. The molecule has 1 aliphatic heterocycles. The summed E-state index contributed by atoms with van der Waals surface area (Å²) in [4.78, 5) is 13.2. The number of likely N-dealkylation sites (tertiary alicyclic amines) is 1. The molecule has 0 amide bonds. The normalized spacial score (nSPS) is 29.8. The molecule has 1 saturated heterocycles. The third kappa shape index (κ3) is 1.00. The third-order valence-electron chi connectivity index (χ3n) is 3.17. The summed E-state index contributed by atoms with van der Waals surface area (Å²) in [6, 6.07) is 0. The Bertz CT molecular complexity index is 157. The average molecular weight is 153 g/mol. The lowest BCUT2D eigenvalue weighted by atomic mass is 9.77. The largest absolute Gasteiger partial charge is 0.301 e. The third-order valence-corrected chi connectivity index (χ3v) is 3.17. The first-order valence-electron chi connectivity index (χ1n) is 4.59. The van der Waals surface area contributed by atoms with E-state index in [0.29, 0.717) is 0 Å². The van der Waals surface area contributed by atoms with Gasteiger partial charge in [0.2, 0.25) is 0 Å². The molecular formula is C9H15NO. The highest BCUT2D eigenvalue weighted by Gasteiger charge is 2.42. The Balaban J connectivity index is 2.04. The van der Waals surface area contributed by atoms with Gasteiger partial charge in [-0.2, -0.15) is 0 Å². The molecule has 0 unspecified atom stereocenters. The average Bonchev–Trinajstić information content (AvgIpc) is 2.39. The van der Waals surface area contributed by atoms with Crippen molar-refractivity contribution in [2.24, 2.45) is 0 Å². The molecule has 1 heterocycles. The van der Waals surface area contributed by atoms with Crippen molar-refractivity contribution in [3.8, 4) is 0 Å². The Labute approximate surface area is 67.6 Å². The van der Waals surface area contributed by atoms with Crippen molar-refractivity contribution in [3.05, 3.63) is 0 Å². The van der Waals surface area contributed by atoms with Crippen molar-refractivity contribution in [2.45, 2.75) is 37.6 Å². The van der Waals surface area contributed by atoms with E-state index >= 15 is 0 Å². The zero-order valence-corrected chi connectivity index (χ0v) is 6.88. The second-order valence-corrected chi connectivity index (χ2v) is 3.77. The van der Waals surface area contributed by atoms with Gasteiger partial charge in [-0.3, -0.25) is 4.90 Å². The van der Waals surface area contributed by atoms with E-state index in [9.17, 15) is 4.79 Å². The number of nitrogens with zero attached hydrogens (tertiary/aromatic N) is 1. The van der Waals surface area contributed by atoms with Gasteiger partial charge in [0.25, 0.3) is 0 Å². The quantitative estimate of drug-likeness (QED) is 0.556. The molecule has 1 saturated carbocycles. The Morgan fingerprint density at radius 2 is 1.73 bits per heavy atom. The molecule has 2 fully saturated rings. The molecule has 1 aliphatic carbocycles. The Kier molecular flexibility index (Phi) is 1.72. The standard InChI is InChI=1S/C9H15NO/c11-8-9(4-3-5-9)10-6-1-2-7-10/h8H,1-7H2. The first kappa shape index (κ1) is 7.29. The molecule has 0 bridgehead atoms. The molecule has 0 radical (unpaired) electrons. The molecule has 0 aromatic rings. The second kappa shape index (κ2) is 2.59. The van der Waals surface area contributed by atoms with Crippen LogP contribution in [0.1, 0.15) is 32.1 Å². The topological polar surface area (TPSA) is 20.3 Å². The van der Waals surface area contributed by atoms with Crippen LogP contribution in [0.5, 0.6) is 0 Å². The van der Waals surface area contributed by atoms with Crippen LogP contribution < -0.4 is 0 Å². The van der Waals surface area contributed by atoms with Crippen molar-refractivity contribution in [1.29, 1.82) is 0 Å². The Hall–Kier alpha value is -0.370. The number of carbonyl (C=O) groups excluding carboxylic acids is 1. The fourth-order valence-electron chi connectivity index (χ4n) is 2.21. The molecule has 2 rings (SSSR count). The van der Waals surface area contributed by atoms with Gasteiger partial charge in [-0.25, -0.2) is 0 Å². The zero-order chi connectivity index (χ0) is 7.73. The van der Waals surface area contributed by atoms with Crippen molar-refractivity contribution in [1.82, 2.24) is 4.90 Å². The lowest BCUT2D eigenvalue weighted by Crippen LogP contribution is -2.53. The van der Waals surface area contributed by atoms with Crippen molar-refractivity contribution < 1.29 is 4.79 Å². The fraction of sp³-hybridized carbons (Fsp3) is 0.889. The minimum atomic E-state index is -0.00347. The first-order valence-corrected chi connectivity index (χ1v) is 4.59. The molecule has 11 heavy (non-hydrogen) atoms. The van der Waals surface area contributed by atoms with Gasteiger partial charge in [-0.15, -0.1) is 0 Å². The van der Waals surface area contributed by atoms with Gasteiger partial charge in [-0.1, -0.05) is 0 Å². The summed E-state index contributed by atoms with van der Waals surface area (Å²) in [6.45, 7) is 2.30. The maximum absolute atomic E-state index is 10.9. The summed E-state index contributed by atoms with van der Waals surface area (Å²) in [5, 5.41) is 0. The summed E-state index contributed by atoms with van der Waals surface area (Å²) in [6.07, 6.45) is 7.22. The van der Waals surface area contributed by atoms with Crippen LogP contribution in [0, 0.1) is 0 Å². The van der Waals surface area contributed by atoms with Gasteiger partial charge < -0.3 is 4.79 Å². The van der Waals surface area contributed by atoms with Gasteiger partial charge in [0, 0.05) is 0 Å². The Morgan fingerprint density at radius 1 is 1.09 bits per heavy atom. The molecule has 2 nitrogen and oxygen atoms in total. The fourth-order valence-corrected chi connectivity index (χ4v) is 2.21. The molecule has 0 atom stereocenters. The minimum absolute atomic E-state index is 0.00347. The maximum atomic E-state index is 10.9. The maximum Gasteiger partial charge on any atom is 0.140 e. The van der Waals surface area contributed by atoms with Crippen molar-refractivity contribution in [3.63, 3.8) is 0 Å². The van der Waals surface area contributed by atoms with Crippen LogP contribution in [0.2, 0.25) is 0 Å². The SMILES string of the molecule is O=CC1(N2CCCC2)CCC1. The highest BCUT2D eigenvalue weighted by molar-refractivity contribution is 5.66. The lowest BCUT2D eigenvalue weighted by Gasteiger charge is -2.44. The summed E-state index contributed by atoms with van der Waals surface area (Å²) < 4.78 is 0. The number of rotatable bonds is 2. The molecule has 62 valence electrons. The van der Waals surface area contributed by atoms with Gasteiger partial charge in [0.1, 0.15) is 6.29 Å². The minimum Gasteiger partial charge on any atom is -0.301 e. The van der Waals surface area contributed by atoms with Crippen molar-refractivity contribution in [2.75, 3.05) is 13.1 Å². The molecule has 2 heteroatoms. The van der Waals surface area contributed by atoms with Gasteiger partial charge in [-0.05, 0) is 45.2 Å². The highest BCUT2D eigenvalue weighted by atomic mass is 16.1. The number of aldehydes is 1. The predicted molar refractivity (Wildman–Crippen MR) is 43.5 cm³/mol. The van der Waals surface area contributed by atoms with E-state index in [0.717, 1.165) is 25.9 Å². The van der Waals surface area contributed by atoms with Crippen molar-refractivity contribution >= 4 is 6.29 Å². The monoisotopic (exact) mass is 153 g/mol. The van der Waals surface area contributed by atoms with Gasteiger partial charge in [0.05, 0.1) is 5.54 Å². The number of hydrogen-bond donors (Lipinski definition) is 0. The van der Waals surface area contributed by atoms with Crippen LogP contribution in [0.15, 0.2) is 0 Å². The Morgan fingerprint density at radius 3 is 2.09 bits per heavy atom. The summed E-state index contributed by atoms with van der Waals surface area (Å²) in [5.74, 6) is 0. The molecule has 0 aromatic heterocycles. The van der Waals surface area contributed by atoms with Gasteiger partial charge in [0.15, 0.2) is 0 Å². The summed E-state index contributed by atoms with van der Waals surface area (Å²) in [7, 11) is 0. The van der Waals surface area contributed by atoms with Gasteiger partial charge >= 0.3 is 0 Å². The van der Waals surface area contributed by atoms with E-state index in [1.165, 1.54) is 25.5 Å². The van der Waals surface area contributed by atoms with E-state index in [1.54, 1.807) is 0 Å². The predicted octanol–water partition coefficient (Wildman–Crippen LogP) is 1.20. The molecule has 0 N–H and O–H groups in total. The van der Waals surface area contributed by atoms with E-state index in [-0.39, 0.29) is 5.54 Å². The van der Waals surface area contributed by atoms with Crippen LogP contribution in [-0.2, 0) is 4.79 Å². The van der Waals surface area contributed by atoms with E-state index < -0.39 is 0 Å².